The zero-order valence-corrected chi connectivity index (χ0v) is 16.6. The molecule has 1 aromatic heterocycles. The van der Waals surface area contributed by atoms with E-state index in [0.717, 1.165) is 5.75 Å². The normalized spacial score (nSPS) is 18.4. The first kappa shape index (κ1) is 19.0. The van der Waals surface area contributed by atoms with E-state index < -0.39 is 0 Å². The number of amidine groups is 1. The Labute approximate surface area is 166 Å². The smallest absolute Gasteiger partial charge is 0.261 e. The van der Waals surface area contributed by atoms with Crippen LogP contribution < -0.4 is 4.74 Å². The van der Waals surface area contributed by atoms with E-state index in [9.17, 15) is 4.79 Å². The van der Waals surface area contributed by atoms with Crippen molar-refractivity contribution < 1.29 is 9.53 Å². The minimum atomic E-state index is -0.207. The highest BCUT2D eigenvalue weighted by molar-refractivity contribution is 8.14. The minimum absolute atomic E-state index is 0.0000377. The van der Waals surface area contributed by atoms with Crippen molar-refractivity contribution in [2.24, 2.45) is 4.99 Å². The second-order valence-corrected chi connectivity index (χ2v) is 7.38. The molecule has 1 saturated heterocycles. The van der Waals surface area contributed by atoms with Gasteiger partial charge in [-0.15, -0.1) is 0 Å². The number of hydrogen-bond acceptors (Lipinski definition) is 5. The van der Waals surface area contributed by atoms with Crippen molar-refractivity contribution in [1.82, 2.24) is 9.88 Å². The first-order valence-electron chi connectivity index (χ1n) is 8.09. The van der Waals surface area contributed by atoms with Crippen molar-refractivity contribution in [3.05, 3.63) is 52.3 Å². The standard InChI is InChI=1S/C18H17Cl2N3O2S/c1-3-25-15-7-5-4-6-14(15)22-18-23(11(2)10-26-18)17(24)12-8-13(19)16(20)21-9-12/h4-9,11H,3,10H2,1-2H3/t11-/m1/s1. The maximum Gasteiger partial charge on any atom is 0.261 e. The molecule has 0 unspecified atom stereocenters. The van der Waals surface area contributed by atoms with Gasteiger partial charge in [0, 0.05) is 18.0 Å². The lowest BCUT2D eigenvalue weighted by atomic mass is 10.2. The summed E-state index contributed by atoms with van der Waals surface area (Å²) < 4.78 is 5.62. The fraction of sp³-hybridized carbons (Fsp3) is 0.278. The molecule has 0 spiro atoms. The molecule has 0 bridgehead atoms. The zero-order valence-electron chi connectivity index (χ0n) is 14.3. The number of carbonyl (C=O) groups excluding carboxylic acids is 1. The number of nitrogens with zero attached hydrogens (tertiary/aromatic N) is 3. The number of hydrogen-bond donors (Lipinski definition) is 0. The van der Waals surface area contributed by atoms with Gasteiger partial charge in [0.25, 0.3) is 5.91 Å². The van der Waals surface area contributed by atoms with Crippen LogP contribution in [0.4, 0.5) is 5.69 Å². The predicted molar refractivity (Wildman–Crippen MR) is 107 cm³/mol. The van der Waals surface area contributed by atoms with E-state index in [1.807, 2.05) is 38.1 Å². The molecule has 26 heavy (non-hydrogen) atoms. The van der Waals surface area contributed by atoms with Crippen LogP contribution in [0.25, 0.3) is 0 Å². The van der Waals surface area contributed by atoms with Gasteiger partial charge in [0.1, 0.15) is 16.6 Å². The number of ether oxygens (including phenoxy) is 1. The first-order valence-corrected chi connectivity index (χ1v) is 9.83. The van der Waals surface area contributed by atoms with Gasteiger partial charge in [-0.1, -0.05) is 47.1 Å². The number of halogens is 2. The topological polar surface area (TPSA) is 54.8 Å². The summed E-state index contributed by atoms with van der Waals surface area (Å²) in [6.07, 6.45) is 1.43. The Morgan fingerprint density at radius 2 is 2.19 bits per heavy atom. The maximum absolute atomic E-state index is 13.0. The molecule has 0 radical (unpaired) electrons. The van der Waals surface area contributed by atoms with Crippen molar-refractivity contribution in [1.29, 1.82) is 0 Å². The molecule has 2 heterocycles. The van der Waals surface area contributed by atoms with Crippen molar-refractivity contribution in [3.63, 3.8) is 0 Å². The van der Waals surface area contributed by atoms with Gasteiger partial charge in [-0.25, -0.2) is 9.98 Å². The third kappa shape index (κ3) is 3.98. The Bertz CT molecular complexity index is 860. The van der Waals surface area contributed by atoms with Crippen molar-refractivity contribution in [3.8, 4) is 5.75 Å². The number of aromatic nitrogens is 1. The Morgan fingerprint density at radius 1 is 1.42 bits per heavy atom. The molecule has 1 aliphatic rings. The number of carbonyl (C=O) groups is 1. The van der Waals surface area contributed by atoms with Crippen LogP contribution in [0.3, 0.4) is 0 Å². The van der Waals surface area contributed by atoms with Crippen molar-refractivity contribution in [2.45, 2.75) is 19.9 Å². The molecule has 136 valence electrons. The van der Waals surface area contributed by atoms with E-state index in [1.165, 1.54) is 24.0 Å². The molecule has 1 fully saturated rings. The van der Waals surface area contributed by atoms with Gasteiger partial charge in [-0.2, -0.15) is 0 Å². The van der Waals surface area contributed by atoms with Gasteiger partial charge in [-0.05, 0) is 32.0 Å². The lowest BCUT2D eigenvalue weighted by Crippen LogP contribution is -2.37. The molecule has 1 aliphatic heterocycles. The molecule has 3 rings (SSSR count). The average molecular weight is 410 g/mol. The molecular weight excluding hydrogens is 393 g/mol. The third-order valence-corrected chi connectivity index (χ3v) is 5.63. The largest absolute Gasteiger partial charge is 0.492 e. The minimum Gasteiger partial charge on any atom is -0.492 e. The summed E-state index contributed by atoms with van der Waals surface area (Å²) in [6.45, 7) is 4.44. The van der Waals surface area contributed by atoms with Crippen LogP contribution in [-0.2, 0) is 0 Å². The summed E-state index contributed by atoms with van der Waals surface area (Å²) in [4.78, 5) is 23.3. The molecule has 0 aliphatic carbocycles. The summed E-state index contributed by atoms with van der Waals surface area (Å²) in [6, 6.07) is 9.04. The first-order chi connectivity index (χ1) is 12.5. The summed E-state index contributed by atoms with van der Waals surface area (Å²) in [5.41, 5.74) is 1.07. The average Bonchev–Trinajstić information content (AvgIpc) is 2.99. The molecule has 5 nitrogen and oxygen atoms in total. The highest BCUT2D eigenvalue weighted by Gasteiger charge is 2.33. The van der Waals surface area contributed by atoms with E-state index in [-0.39, 0.29) is 22.1 Å². The highest BCUT2D eigenvalue weighted by atomic mass is 35.5. The molecular formula is C18H17Cl2N3O2S. The predicted octanol–water partition coefficient (Wildman–Crippen LogP) is 5.05. The van der Waals surface area contributed by atoms with Gasteiger partial charge in [0.05, 0.1) is 17.2 Å². The van der Waals surface area contributed by atoms with Crippen LogP contribution in [0.1, 0.15) is 24.2 Å². The van der Waals surface area contributed by atoms with Crippen LogP contribution in [0.15, 0.2) is 41.5 Å². The van der Waals surface area contributed by atoms with E-state index >= 15 is 0 Å². The van der Waals surface area contributed by atoms with Crippen LogP contribution in [-0.4, -0.2) is 39.4 Å². The van der Waals surface area contributed by atoms with Crippen molar-refractivity contribution >= 4 is 51.7 Å². The lowest BCUT2D eigenvalue weighted by Gasteiger charge is -2.21. The number of aliphatic imine (C=N–C) groups is 1. The molecule has 0 saturated carbocycles. The molecule has 0 N–H and O–H groups in total. The molecule has 1 amide bonds. The molecule has 1 aromatic carbocycles. The number of benzene rings is 1. The maximum atomic E-state index is 13.0. The van der Waals surface area contributed by atoms with E-state index in [4.69, 9.17) is 27.9 Å². The van der Waals surface area contributed by atoms with Crippen LogP contribution >= 0.6 is 35.0 Å². The van der Waals surface area contributed by atoms with Gasteiger partial charge in [0.15, 0.2) is 5.17 Å². The Kier molecular flexibility index (Phi) is 6.06. The van der Waals surface area contributed by atoms with Crippen molar-refractivity contribution in [2.75, 3.05) is 12.4 Å². The SMILES string of the molecule is CCOc1ccccc1N=C1SC[C@@H](C)N1C(=O)c1cnc(Cl)c(Cl)c1. The summed E-state index contributed by atoms with van der Waals surface area (Å²) in [5, 5.41) is 1.05. The summed E-state index contributed by atoms with van der Waals surface area (Å²) >= 11 is 13.4. The van der Waals surface area contributed by atoms with Gasteiger partial charge < -0.3 is 4.74 Å². The van der Waals surface area contributed by atoms with Gasteiger partial charge in [0.2, 0.25) is 0 Å². The number of amides is 1. The van der Waals surface area contributed by atoms with Crippen LogP contribution in [0.5, 0.6) is 5.75 Å². The Morgan fingerprint density at radius 3 is 2.92 bits per heavy atom. The van der Waals surface area contributed by atoms with Gasteiger partial charge in [-0.3, -0.25) is 9.69 Å². The summed E-state index contributed by atoms with van der Waals surface area (Å²) in [7, 11) is 0. The van der Waals surface area contributed by atoms with E-state index in [2.05, 4.69) is 9.98 Å². The molecule has 2 aromatic rings. The fourth-order valence-corrected chi connectivity index (χ4v) is 3.88. The van der Waals surface area contributed by atoms with Crippen LogP contribution in [0.2, 0.25) is 10.2 Å². The Balaban J connectivity index is 1.95. The fourth-order valence-electron chi connectivity index (χ4n) is 2.51. The Hall–Kier alpha value is -1.76. The number of thioether (sulfide) groups is 1. The number of para-hydroxylation sites is 2. The molecule has 1 atom stereocenters. The third-order valence-electron chi connectivity index (χ3n) is 3.74. The zero-order chi connectivity index (χ0) is 18.7. The van der Waals surface area contributed by atoms with E-state index in [0.29, 0.717) is 28.8 Å². The number of pyridine rings is 1. The quantitative estimate of drug-likeness (QED) is 0.662. The monoisotopic (exact) mass is 409 g/mol. The summed E-state index contributed by atoms with van der Waals surface area (Å²) in [5.74, 6) is 1.24. The highest BCUT2D eigenvalue weighted by Crippen LogP contribution is 2.33. The van der Waals surface area contributed by atoms with Crippen LogP contribution in [0, 0.1) is 0 Å². The van der Waals surface area contributed by atoms with Gasteiger partial charge >= 0.3 is 0 Å². The second-order valence-electron chi connectivity index (χ2n) is 5.63. The molecule has 8 heteroatoms. The lowest BCUT2D eigenvalue weighted by molar-refractivity contribution is 0.0828. The second kappa shape index (κ2) is 8.29. The number of rotatable bonds is 4. The van der Waals surface area contributed by atoms with E-state index in [1.54, 1.807) is 4.90 Å².